The molecule has 0 bridgehead atoms. The van der Waals surface area contributed by atoms with E-state index in [1.54, 1.807) is 54.3 Å². The highest BCUT2D eigenvalue weighted by atomic mass is 35.5. The van der Waals surface area contributed by atoms with Crippen LogP contribution in [0, 0.1) is 12.3 Å². The molecule has 0 saturated carbocycles. The Morgan fingerprint density at radius 3 is 2.79 bits per heavy atom. The summed E-state index contributed by atoms with van der Waals surface area (Å²) in [5, 5.41) is 7.39. The average Bonchev–Trinajstić information content (AvgIpc) is 3.13. The zero-order chi connectivity index (χ0) is 23.8. The van der Waals surface area contributed by atoms with Gasteiger partial charge in [0, 0.05) is 17.8 Å². The molecule has 33 heavy (non-hydrogen) atoms. The summed E-state index contributed by atoms with van der Waals surface area (Å²) in [6.45, 7) is 9.68. The number of halogens is 1. The summed E-state index contributed by atoms with van der Waals surface area (Å²) in [5.74, 6) is 0.443. The van der Waals surface area contributed by atoms with E-state index in [1.807, 2.05) is 19.9 Å². The van der Waals surface area contributed by atoms with Crippen LogP contribution in [-0.4, -0.2) is 30.1 Å². The summed E-state index contributed by atoms with van der Waals surface area (Å²) in [7, 11) is 0. The fourth-order valence-corrected chi connectivity index (χ4v) is 3.93. The van der Waals surface area contributed by atoms with Gasteiger partial charge in [0.2, 0.25) is 5.91 Å². The monoisotopic (exact) mass is 465 g/mol. The second-order valence-corrected chi connectivity index (χ2v) is 8.86. The summed E-state index contributed by atoms with van der Waals surface area (Å²) in [4.78, 5) is 27.9. The highest BCUT2D eigenvalue weighted by Crippen LogP contribution is 2.38. The zero-order valence-electron chi connectivity index (χ0n) is 18.6. The maximum Gasteiger partial charge on any atom is 0.261 e. The maximum absolute atomic E-state index is 13.2. The number of aryl methyl sites for hydroxylation is 1. The fourth-order valence-electron chi connectivity index (χ4n) is 3.70. The topological polar surface area (TPSA) is 84.7 Å². The molecule has 0 atom stereocenters. The van der Waals surface area contributed by atoms with Crippen LogP contribution in [0.4, 0.5) is 11.4 Å². The van der Waals surface area contributed by atoms with Crippen molar-refractivity contribution in [3.05, 3.63) is 71.5 Å². The van der Waals surface area contributed by atoms with Crippen molar-refractivity contribution in [3.63, 3.8) is 0 Å². The number of aromatic nitrogens is 1. The van der Waals surface area contributed by atoms with E-state index in [0.717, 1.165) is 0 Å². The molecular weight excluding hydrogens is 442 g/mol. The van der Waals surface area contributed by atoms with E-state index >= 15 is 0 Å². The van der Waals surface area contributed by atoms with Crippen LogP contribution < -0.4 is 15.0 Å². The van der Waals surface area contributed by atoms with Crippen molar-refractivity contribution in [2.24, 2.45) is 5.41 Å². The minimum atomic E-state index is -0.700. The lowest BCUT2D eigenvalue weighted by molar-refractivity contribution is -0.127. The fraction of sp³-hybridized carbons (Fsp3) is 0.240. The van der Waals surface area contributed by atoms with Gasteiger partial charge in [-0.2, -0.15) is 0 Å². The van der Waals surface area contributed by atoms with E-state index in [4.69, 9.17) is 20.9 Å². The van der Waals surface area contributed by atoms with Gasteiger partial charge in [0.1, 0.15) is 29.4 Å². The van der Waals surface area contributed by atoms with E-state index in [-0.39, 0.29) is 18.1 Å². The first-order valence-corrected chi connectivity index (χ1v) is 10.8. The van der Waals surface area contributed by atoms with Crippen LogP contribution in [0.3, 0.4) is 0 Å². The van der Waals surface area contributed by atoms with Gasteiger partial charge in [-0.3, -0.25) is 9.59 Å². The molecule has 1 aliphatic heterocycles. The molecule has 0 aliphatic carbocycles. The molecule has 8 heteroatoms. The Bertz CT molecular complexity index is 1250. The molecule has 2 aromatic carbocycles. The molecule has 0 spiro atoms. The SMILES string of the molecule is C=CCN1C(=O)C(C)(C)COc2ccc(NC(=O)c3c(-c4ccccc4Cl)noc3C)cc21. The lowest BCUT2D eigenvalue weighted by Crippen LogP contribution is -2.42. The van der Waals surface area contributed by atoms with Crippen LogP contribution in [0.15, 0.2) is 59.6 Å². The van der Waals surface area contributed by atoms with Crippen LogP contribution in [0.25, 0.3) is 11.3 Å². The molecule has 2 amide bonds. The highest BCUT2D eigenvalue weighted by molar-refractivity contribution is 6.33. The third-order valence-corrected chi connectivity index (χ3v) is 5.78. The van der Waals surface area contributed by atoms with E-state index in [0.29, 0.717) is 45.7 Å². The summed E-state index contributed by atoms with van der Waals surface area (Å²) in [6.07, 6.45) is 1.66. The summed E-state index contributed by atoms with van der Waals surface area (Å²) in [6, 6.07) is 12.3. The number of amides is 2. The summed E-state index contributed by atoms with van der Waals surface area (Å²) in [5.41, 5.74) is 1.61. The van der Waals surface area contributed by atoms with E-state index < -0.39 is 11.3 Å². The maximum atomic E-state index is 13.2. The quantitative estimate of drug-likeness (QED) is 0.503. The molecule has 170 valence electrons. The Morgan fingerprint density at radius 2 is 2.06 bits per heavy atom. The van der Waals surface area contributed by atoms with Gasteiger partial charge in [-0.1, -0.05) is 41.0 Å². The molecule has 4 rings (SSSR count). The van der Waals surface area contributed by atoms with Gasteiger partial charge in [-0.05, 0) is 45.0 Å². The number of nitrogens with one attached hydrogen (secondary N) is 1. The van der Waals surface area contributed by atoms with Crippen LogP contribution >= 0.6 is 11.6 Å². The number of rotatable bonds is 5. The lowest BCUT2D eigenvalue weighted by atomic mass is 9.93. The van der Waals surface area contributed by atoms with Crippen molar-refractivity contribution in [2.75, 3.05) is 23.4 Å². The Labute approximate surface area is 197 Å². The van der Waals surface area contributed by atoms with E-state index in [2.05, 4.69) is 17.1 Å². The predicted molar refractivity (Wildman–Crippen MR) is 128 cm³/mol. The van der Waals surface area contributed by atoms with Crippen molar-refractivity contribution >= 4 is 34.8 Å². The molecular formula is C25H24ClN3O4. The van der Waals surface area contributed by atoms with Gasteiger partial charge < -0.3 is 19.5 Å². The van der Waals surface area contributed by atoms with Gasteiger partial charge in [0.05, 0.1) is 16.1 Å². The summed E-state index contributed by atoms with van der Waals surface area (Å²) >= 11 is 6.31. The number of ether oxygens (including phenoxy) is 1. The van der Waals surface area contributed by atoms with E-state index in [1.165, 1.54) is 0 Å². The molecule has 0 saturated heterocycles. The molecule has 2 heterocycles. The zero-order valence-corrected chi connectivity index (χ0v) is 19.4. The molecule has 1 aliphatic rings. The predicted octanol–water partition coefficient (Wildman–Crippen LogP) is 5.49. The van der Waals surface area contributed by atoms with Crippen LogP contribution in [-0.2, 0) is 4.79 Å². The number of benzene rings is 2. The van der Waals surface area contributed by atoms with Gasteiger partial charge in [0.25, 0.3) is 5.91 Å². The van der Waals surface area contributed by atoms with Crippen molar-refractivity contribution < 1.29 is 18.8 Å². The summed E-state index contributed by atoms with van der Waals surface area (Å²) < 4.78 is 11.2. The Morgan fingerprint density at radius 1 is 1.30 bits per heavy atom. The van der Waals surface area contributed by atoms with Crippen LogP contribution in [0.2, 0.25) is 5.02 Å². The molecule has 3 aromatic rings. The van der Waals surface area contributed by atoms with Gasteiger partial charge in [0.15, 0.2) is 0 Å². The minimum Gasteiger partial charge on any atom is -0.490 e. The average molecular weight is 466 g/mol. The smallest absolute Gasteiger partial charge is 0.261 e. The Kier molecular flexibility index (Phi) is 5.99. The van der Waals surface area contributed by atoms with Crippen molar-refractivity contribution in [3.8, 4) is 17.0 Å². The first-order valence-electron chi connectivity index (χ1n) is 10.4. The van der Waals surface area contributed by atoms with Gasteiger partial charge in [-0.25, -0.2) is 0 Å². The third-order valence-electron chi connectivity index (χ3n) is 5.45. The van der Waals surface area contributed by atoms with Crippen molar-refractivity contribution in [1.29, 1.82) is 0 Å². The Balaban J connectivity index is 1.69. The second kappa shape index (κ2) is 8.75. The van der Waals surface area contributed by atoms with Crippen molar-refractivity contribution in [2.45, 2.75) is 20.8 Å². The molecule has 7 nitrogen and oxygen atoms in total. The molecule has 0 radical (unpaired) electrons. The van der Waals surface area contributed by atoms with Gasteiger partial charge >= 0.3 is 0 Å². The third kappa shape index (κ3) is 4.24. The Hall–Kier alpha value is -3.58. The number of nitrogens with zero attached hydrogens (tertiary/aromatic N) is 2. The largest absolute Gasteiger partial charge is 0.490 e. The lowest BCUT2D eigenvalue weighted by Gasteiger charge is -2.27. The minimum absolute atomic E-state index is 0.0829. The molecule has 1 aromatic heterocycles. The number of carbonyl (C=O) groups is 2. The van der Waals surface area contributed by atoms with Crippen molar-refractivity contribution in [1.82, 2.24) is 5.16 Å². The first-order chi connectivity index (χ1) is 15.7. The van der Waals surface area contributed by atoms with Crippen LogP contribution in [0.1, 0.15) is 30.0 Å². The molecule has 0 unspecified atom stereocenters. The van der Waals surface area contributed by atoms with Gasteiger partial charge in [-0.15, -0.1) is 6.58 Å². The normalized spacial score (nSPS) is 14.8. The highest BCUT2D eigenvalue weighted by Gasteiger charge is 2.37. The van der Waals surface area contributed by atoms with E-state index in [9.17, 15) is 9.59 Å². The molecule has 0 fully saturated rings. The number of hydrogen-bond acceptors (Lipinski definition) is 5. The number of fused-ring (bicyclic) bond motifs is 1. The number of carbonyl (C=O) groups excluding carboxylic acids is 2. The standard InChI is InChI=1S/C25H24ClN3O4/c1-5-12-29-19-13-16(10-11-20(19)32-14-25(3,4)24(29)31)27-23(30)21-15(2)33-28-22(21)17-8-6-7-9-18(17)26/h5-11,13H,1,12,14H2,2-4H3,(H,27,30). The second-order valence-electron chi connectivity index (χ2n) is 8.46. The first kappa shape index (κ1) is 22.6. The number of hydrogen-bond donors (Lipinski definition) is 1. The van der Waals surface area contributed by atoms with Crippen LogP contribution in [0.5, 0.6) is 5.75 Å². The number of anilines is 2. The molecule has 1 N–H and O–H groups in total.